The Morgan fingerprint density at radius 2 is 2.30 bits per heavy atom. The molecule has 4 heteroatoms. The third-order valence-electron chi connectivity index (χ3n) is 4.43. The van der Waals surface area contributed by atoms with Crippen LogP contribution in [-0.4, -0.2) is 23.0 Å². The number of hydrogen-bond donors (Lipinski definition) is 0. The van der Waals surface area contributed by atoms with Crippen LogP contribution in [0.3, 0.4) is 0 Å². The summed E-state index contributed by atoms with van der Waals surface area (Å²) in [4.78, 5) is 6.90. The van der Waals surface area contributed by atoms with Gasteiger partial charge in [0, 0.05) is 18.0 Å². The molecule has 1 aromatic rings. The summed E-state index contributed by atoms with van der Waals surface area (Å²) in [5, 5.41) is 12.7. The first-order chi connectivity index (χ1) is 9.63. The van der Waals surface area contributed by atoms with Crippen molar-refractivity contribution in [2.75, 3.05) is 7.05 Å². The predicted octanol–water partition coefficient (Wildman–Crippen LogP) is 3.99. The summed E-state index contributed by atoms with van der Waals surface area (Å²) in [6.45, 7) is 5.17. The lowest BCUT2D eigenvalue weighted by Gasteiger charge is -2.38. The molecule has 1 heterocycles. The molecule has 0 N–H and O–H groups in total. The van der Waals surface area contributed by atoms with Gasteiger partial charge in [-0.3, -0.25) is 4.90 Å². The molecular weight excluding hydrogens is 266 g/mol. The van der Waals surface area contributed by atoms with Crippen LogP contribution in [0.25, 0.3) is 0 Å². The normalized spacial score (nSPS) is 26.6. The van der Waals surface area contributed by atoms with E-state index in [0.717, 1.165) is 29.6 Å². The van der Waals surface area contributed by atoms with Gasteiger partial charge in [-0.05, 0) is 39.2 Å². The second-order valence-corrected chi connectivity index (χ2v) is 7.11. The fourth-order valence-corrected chi connectivity index (χ4v) is 4.00. The van der Waals surface area contributed by atoms with Gasteiger partial charge in [0.05, 0.1) is 22.7 Å². The first kappa shape index (κ1) is 15.5. The van der Waals surface area contributed by atoms with E-state index in [1.807, 2.05) is 6.92 Å². The Kier molecular flexibility index (Phi) is 5.56. The molecule has 1 saturated carbocycles. The molecule has 0 spiro atoms. The predicted molar refractivity (Wildman–Crippen MR) is 83.5 cm³/mol. The Morgan fingerprint density at radius 1 is 1.50 bits per heavy atom. The summed E-state index contributed by atoms with van der Waals surface area (Å²) < 4.78 is 0. The molecule has 0 saturated heterocycles. The number of rotatable bonds is 5. The number of thiazole rings is 1. The molecule has 1 aliphatic carbocycles. The summed E-state index contributed by atoms with van der Waals surface area (Å²) in [5.74, 6) is 0.988. The van der Waals surface area contributed by atoms with Crippen LogP contribution in [0.4, 0.5) is 0 Å². The number of nitrogens with zero attached hydrogens (tertiary/aromatic N) is 3. The van der Waals surface area contributed by atoms with Gasteiger partial charge < -0.3 is 0 Å². The summed E-state index contributed by atoms with van der Waals surface area (Å²) in [7, 11) is 2.15. The quantitative estimate of drug-likeness (QED) is 0.823. The SMILES string of the molecule is CCCC1CCC(C#N)C(N(C)Cc2csc(C)n2)C1. The number of aryl methyl sites for hydroxylation is 1. The second-order valence-electron chi connectivity index (χ2n) is 6.04. The first-order valence-electron chi connectivity index (χ1n) is 7.64. The highest BCUT2D eigenvalue weighted by Crippen LogP contribution is 2.34. The summed E-state index contributed by atoms with van der Waals surface area (Å²) in [5.41, 5.74) is 1.14. The molecule has 0 amide bonds. The Hall–Kier alpha value is -0.920. The van der Waals surface area contributed by atoms with Gasteiger partial charge in [0.2, 0.25) is 0 Å². The Morgan fingerprint density at radius 3 is 2.90 bits per heavy atom. The number of hydrogen-bond acceptors (Lipinski definition) is 4. The maximum absolute atomic E-state index is 9.41. The van der Waals surface area contributed by atoms with Crippen LogP contribution in [0, 0.1) is 30.1 Å². The maximum Gasteiger partial charge on any atom is 0.0897 e. The minimum absolute atomic E-state index is 0.188. The molecule has 0 bridgehead atoms. The molecule has 3 nitrogen and oxygen atoms in total. The van der Waals surface area contributed by atoms with Crippen molar-refractivity contribution >= 4 is 11.3 Å². The van der Waals surface area contributed by atoms with Crippen molar-refractivity contribution in [3.63, 3.8) is 0 Å². The van der Waals surface area contributed by atoms with Crippen molar-refractivity contribution in [1.82, 2.24) is 9.88 Å². The zero-order valence-electron chi connectivity index (χ0n) is 12.8. The summed E-state index contributed by atoms with van der Waals surface area (Å²) in [6, 6.07) is 2.92. The van der Waals surface area contributed by atoms with Crippen LogP contribution in [-0.2, 0) is 6.54 Å². The van der Waals surface area contributed by atoms with Crippen molar-refractivity contribution in [1.29, 1.82) is 5.26 Å². The molecule has 110 valence electrons. The molecule has 3 atom stereocenters. The van der Waals surface area contributed by atoms with Gasteiger partial charge in [-0.1, -0.05) is 19.8 Å². The standard InChI is InChI=1S/C16H25N3S/c1-4-5-13-6-7-14(9-17)16(8-13)19(3)10-15-11-20-12(2)18-15/h11,13-14,16H,4-8,10H2,1-3H3. The van der Waals surface area contributed by atoms with Crippen LogP contribution in [0.1, 0.15) is 49.7 Å². The van der Waals surface area contributed by atoms with Crippen molar-refractivity contribution < 1.29 is 0 Å². The van der Waals surface area contributed by atoms with Crippen LogP contribution in [0.2, 0.25) is 0 Å². The van der Waals surface area contributed by atoms with E-state index in [0.29, 0.717) is 6.04 Å². The topological polar surface area (TPSA) is 39.9 Å². The highest BCUT2D eigenvalue weighted by molar-refractivity contribution is 7.09. The van der Waals surface area contributed by atoms with Gasteiger partial charge in [0.15, 0.2) is 0 Å². The lowest BCUT2D eigenvalue weighted by molar-refractivity contribution is 0.115. The lowest BCUT2D eigenvalue weighted by Crippen LogP contribution is -2.41. The molecule has 3 unspecified atom stereocenters. The summed E-state index contributed by atoms with van der Waals surface area (Å²) >= 11 is 1.71. The molecule has 1 aromatic heterocycles. The molecule has 0 aliphatic heterocycles. The molecule has 0 aromatic carbocycles. The van der Waals surface area contributed by atoms with E-state index in [2.05, 4.69) is 35.3 Å². The minimum atomic E-state index is 0.188. The average molecular weight is 291 g/mol. The Bertz CT molecular complexity index is 463. The van der Waals surface area contributed by atoms with Gasteiger partial charge in [-0.25, -0.2) is 4.98 Å². The first-order valence-corrected chi connectivity index (χ1v) is 8.52. The van der Waals surface area contributed by atoms with Gasteiger partial charge in [-0.2, -0.15) is 5.26 Å². The number of aromatic nitrogens is 1. The van der Waals surface area contributed by atoms with E-state index in [1.165, 1.54) is 25.7 Å². The monoisotopic (exact) mass is 291 g/mol. The van der Waals surface area contributed by atoms with Crippen LogP contribution in [0.5, 0.6) is 0 Å². The van der Waals surface area contributed by atoms with E-state index in [9.17, 15) is 5.26 Å². The Balaban J connectivity index is 2.00. The zero-order chi connectivity index (χ0) is 14.5. The van der Waals surface area contributed by atoms with Crippen LogP contribution >= 0.6 is 11.3 Å². The van der Waals surface area contributed by atoms with E-state index >= 15 is 0 Å². The molecular formula is C16H25N3S. The fraction of sp³-hybridized carbons (Fsp3) is 0.750. The van der Waals surface area contributed by atoms with E-state index in [4.69, 9.17) is 0 Å². The lowest BCUT2D eigenvalue weighted by atomic mass is 9.76. The molecule has 1 aliphatic rings. The summed E-state index contributed by atoms with van der Waals surface area (Å²) in [6.07, 6.45) is 6.02. The van der Waals surface area contributed by atoms with Crippen molar-refractivity contribution in [3.05, 3.63) is 16.1 Å². The fourth-order valence-electron chi connectivity index (χ4n) is 3.39. The highest BCUT2D eigenvalue weighted by Gasteiger charge is 2.32. The average Bonchev–Trinajstić information content (AvgIpc) is 2.84. The van der Waals surface area contributed by atoms with Gasteiger partial charge in [0.25, 0.3) is 0 Å². The maximum atomic E-state index is 9.41. The van der Waals surface area contributed by atoms with Gasteiger partial charge >= 0.3 is 0 Å². The highest BCUT2D eigenvalue weighted by atomic mass is 32.1. The Labute approximate surface area is 126 Å². The molecule has 1 fully saturated rings. The molecule has 2 rings (SSSR count). The smallest absolute Gasteiger partial charge is 0.0897 e. The second kappa shape index (κ2) is 7.19. The zero-order valence-corrected chi connectivity index (χ0v) is 13.6. The molecule has 20 heavy (non-hydrogen) atoms. The largest absolute Gasteiger partial charge is 0.296 e. The van der Waals surface area contributed by atoms with Crippen molar-refractivity contribution in [3.8, 4) is 6.07 Å². The van der Waals surface area contributed by atoms with Crippen LogP contribution < -0.4 is 0 Å². The third kappa shape index (κ3) is 3.80. The van der Waals surface area contributed by atoms with Gasteiger partial charge in [0.1, 0.15) is 0 Å². The minimum Gasteiger partial charge on any atom is -0.296 e. The van der Waals surface area contributed by atoms with Crippen LogP contribution in [0.15, 0.2) is 5.38 Å². The molecule has 0 radical (unpaired) electrons. The van der Waals surface area contributed by atoms with E-state index in [-0.39, 0.29) is 5.92 Å². The van der Waals surface area contributed by atoms with Gasteiger partial charge in [-0.15, -0.1) is 11.3 Å². The van der Waals surface area contributed by atoms with E-state index in [1.54, 1.807) is 11.3 Å². The van der Waals surface area contributed by atoms with Crippen molar-refractivity contribution in [2.45, 2.75) is 58.5 Å². The third-order valence-corrected chi connectivity index (χ3v) is 5.25. The number of nitriles is 1. The van der Waals surface area contributed by atoms with E-state index < -0.39 is 0 Å². The van der Waals surface area contributed by atoms with Crippen molar-refractivity contribution in [2.24, 2.45) is 11.8 Å².